The largest absolute Gasteiger partial charge is 0.489 e. The molecule has 0 saturated carbocycles. The molecular formula is C33H34ClN3O4. The molecule has 0 heterocycles. The van der Waals surface area contributed by atoms with E-state index in [-0.39, 0.29) is 38.8 Å². The number of ether oxygens (including phenoxy) is 2. The van der Waals surface area contributed by atoms with Gasteiger partial charge in [0.15, 0.2) is 0 Å². The molecule has 0 atom stereocenters. The predicted octanol–water partition coefficient (Wildman–Crippen LogP) is 5.43. The molecule has 4 rings (SSSR count). The molecule has 0 spiro atoms. The molecule has 0 aliphatic heterocycles. The Morgan fingerprint density at radius 2 is 1.68 bits per heavy atom. The minimum Gasteiger partial charge on any atom is -0.489 e. The minimum atomic E-state index is -0.107. The Hall–Kier alpha value is -4.35. The van der Waals surface area contributed by atoms with Crippen molar-refractivity contribution in [2.24, 2.45) is 4.99 Å². The zero-order chi connectivity index (χ0) is 28.2. The fraction of sp³-hybridized carbons (Fsp3) is 0.212. The van der Waals surface area contributed by atoms with Gasteiger partial charge in [-0.3, -0.25) is 4.99 Å². The highest BCUT2D eigenvalue weighted by molar-refractivity contribution is 6.01. The van der Waals surface area contributed by atoms with Gasteiger partial charge >= 0.3 is 0 Å². The quantitative estimate of drug-likeness (QED) is 0.154. The van der Waals surface area contributed by atoms with E-state index < -0.39 is 0 Å². The van der Waals surface area contributed by atoms with Crippen LogP contribution in [0.3, 0.4) is 0 Å². The highest BCUT2D eigenvalue weighted by Crippen LogP contribution is 2.29. The summed E-state index contributed by atoms with van der Waals surface area (Å²) in [5.74, 6) is 1.65. The van der Waals surface area contributed by atoms with Crippen LogP contribution < -0.4 is 14.8 Å². The van der Waals surface area contributed by atoms with Crippen molar-refractivity contribution in [3.63, 3.8) is 0 Å². The lowest BCUT2D eigenvalue weighted by Gasteiger charge is -2.17. The normalized spacial score (nSPS) is 10.8. The summed E-state index contributed by atoms with van der Waals surface area (Å²) in [5.41, 5.74) is 6.64. The van der Waals surface area contributed by atoms with Crippen molar-refractivity contribution in [3.05, 3.63) is 119 Å². The summed E-state index contributed by atoms with van der Waals surface area (Å²) in [6.07, 6.45) is 0. The van der Waals surface area contributed by atoms with E-state index in [2.05, 4.69) is 47.6 Å². The van der Waals surface area contributed by atoms with Crippen LogP contribution >= 0.6 is 12.4 Å². The first-order chi connectivity index (χ1) is 19.6. The van der Waals surface area contributed by atoms with Crippen molar-refractivity contribution in [2.75, 3.05) is 26.3 Å². The number of benzene rings is 4. The minimum absolute atomic E-state index is 0. The van der Waals surface area contributed by atoms with E-state index >= 15 is 0 Å². The number of nitrogens with one attached hydrogen (secondary N) is 1. The lowest BCUT2D eigenvalue weighted by Crippen LogP contribution is -2.28. The number of hydrogen-bond acceptors (Lipinski definition) is 6. The molecule has 0 amide bonds. The molecule has 212 valence electrons. The van der Waals surface area contributed by atoms with Gasteiger partial charge in [-0.05, 0) is 59.0 Å². The number of hydrogen-bond donors (Lipinski definition) is 3. The monoisotopic (exact) mass is 571 g/mol. The van der Waals surface area contributed by atoms with E-state index in [9.17, 15) is 15.5 Å². The molecule has 0 radical (unpaired) electrons. The number of nitrogens with zero attached hydrogens (tertiary/aromatic N) is 2. The third-order valence-corrected chi connectivity index (χ3v) is 6.36. The van der Waals surface area contributed by atoms with Crippen LogP contribution in [-0.2, 0) is 13.2 Å². The standard InChI is InChI=1S/C33H33N3O4.ClH/c1-24-28(11-6-12-30(24)27-9-3-2-4-10-27)23-39-29-13-14-31(33(35-15-17-37)36-16-18-38)32(20-29)40-22-26-8-5-7-25(19-26)21-34;/h2-14,19-20,37-38H,15-18,22-23H2,1H3,(H,35,36);1H. The molecule has 0 fully saturated rings. The average molecular weight is 572 g/mol. The number of nitriles is 1. The van der Waals surface area contributed by atoms with Gasteiger partial charge in [-0.25, -0.2) is 0 Å². The van der Waals surface area contributed by atoms with Crippen LogP contribution in [-0.4, -0.2) is 42.4 Å². The van der Waals surface area contributed by atoms with Crippen molar-refractivity contribution < 1.29 is 19.7 Å². The number of aliphatic imine (C=N–C) groups is 1. The zero-order valence-corrected chi connectivity index (χ0v) is 23.7. The maximum absolute atomic E-state index is 9.35. The van der Waals surface area contributed by atoms with Gasteiger partial charge in [-0.1, -0.05) is 60.7 Å². The number of amidine groups is 1. The van der Waals surface area contributed by atoms with Crippen LogP contribution in [0.15, 0.2) is 96.0 Å². The highest BCUT2D eigenvalue weighted by Gasteiger charge is 2.14. The Morgan fingerprint density at radius 3 is 2.44 bits per heavy atom. The Bertz CT molecular complexity index is 1490. The Kier molecular flexibility index (Phi) is 12.2. The molecule has 0 aliphatic rings. The zero-order valence-electron chi connectivity index (χ0n) is 22.9. The maximum Gasteiger partial charge on any atom is 0.134 e. The number of aliphatic hydroxyl groups excluding tert-OH is 2. The molecule has 0 saturated heterocycles. The van der Waals surface area contributed by atoms with Gasteiger partial charge in [0.25, 0.3) is 0 Å². The molecule has 0 unspecified atom stereocenters. The first-order valence-corrected chi connectivity index (χ1v) is 13.2. The summed E-state index contributed by atoms with van der Waals surface area (Å²) in [6.45, 7) is 3.03. The summed E-state index contributed by atoms with van der Waals surface area (Å²) in [7, 11) is 0. The molecular weight excluding hydrogens is 538 g/mol. The third kappa shape index (κ3) is 8.57. The van der Waals surface area contributed by atoms with E-state index in [1.807, 2.05) is 54.6 Å². The van der Waals surface area contributed by atoms with Crippen molar-refractivity contribution >= 4 is 18.2 Å². The summed E-state index contributed by atoms with van der Waals surface area (Å²) in [4.78, 5) is 4.45. The molecule has 7 nitrogen and oxygen atoms in total. The molecule has 0 bridgehead atoms. The van der Waals surface area contributed by atoms with Gasteiger partial charge in [0.2, 0.25) is 0 Å². The fourth-order valence-corrected chi connectivity index (χ4v) is 4.30. The Balaban J connectivity index is 0.00000462. The topological polar surface area (TPSA) is 107 Å². The smallest absolute Gasteiger partial charge is 0.134 e. The number of halogens is 1. The summed E-state index contributed by atoms with van der Waals surface area (Å²) in [6, 6.07) is 31.4. The first kappa shape index (κ1) is 31.2. The van der Waals surface area contributed by atoms with Gasteiger partial charge in [0, 0.05) is 12.6 Å². The second-order valence-electron chi connectivity index (χ2n) is 9.11. The van der Waals surface area contributed by atoms with Crippen LogP contribution in [0.2, 0.25) is 0 Å². The SMILES string of the molecule is Cc1c(COc2ccc(C(=NCCO)NCCO)c(OCc3cccc(C#N)c3)c2)cccc1-c1ccccc1.Cl. The Labute approximate surface area is 247 Å². The molecule has 0 aliphatic carbocycles. The molecule has 8 heteroatoms. The number of rotatable bonds is 12. The van der Waals surface area contributed by atoms with Crippen LogP contribution in [0.4, 0.5) is 0 Å². The van der Waals surface area contributed by atoms with Crippen molar-refractivity contribution in [3.8, 4) is 28.7 Å². The molecule has 3 N–H and O–H groups in total. The van der Waals surface area contributed by atoms with Crippen LogP contribution in [0.1, 0.15) is 27.8 Å². The highest BCUT2D eigenvalue weighted by atomic mass is 35.5. The van der Waals surface area contributed by atoms with Crippen molar-refractivity contribution in [1.29, 1.82) is 5.26 Å². The molecule has 4 aromatic carbocycles. The van der Waals surface area contributed by atoms with E-state index in [0.29, 0.717) is 41.6 Å². The second kappa shape index (κ2) is 16.0. The van der Waals surface area contributed by atoms with Crippen LogP contribution in [0.25, 0.3) is 11.1 Å². The third-order valence-electron chi connectivity index (χ3n) is 6.36. The van der Waals surface area contributed by atoms with Gasteiger partial charge in [0.1, 0.15) is 30.5 Å². The lowest BCUT2D eigenvalue weighted by atomic mass is 9.97. The van der Waals surface area contributed by atoms with E-state index in [0.717, 1.165) is 22.3 Å². The second-order valence-corrected chi connectivity index (χ2v) is 9.11. The van der Waals surface area contributed by atoms with Crippen LogP contribution in [0, 0.1) is 18.3 Å². The summed E-state index contributed by atoms with van der Waals surface area (Å²) >= 11 is 0. The van der Waals surface area contributed by atoms with Crippen LogP contribution in [0.5, 0.6) is 11.5 Å². The van der Waals surface area contributed by atoms with Gasteiger partial charge in [-0.15, -0.1) is 12.4 Å². The lowest BCUT2D eigenvalue weighted by molar-refractivity contribution is 0.288. The summed E-state index contributed by atoms with van der Waals surface area (Å²) < 4.78 is 12.4. The molecule has 4 aromatic rings. The Morgan fingerprint density at radius 1 is 0.878 bits per heavy atom. The van der Waals surface area contributed by atoms with E-state index in [4.69, 9.17) is 9.47 Å². The first-order valence-electron chi connectivity index (χ1n) is 13.2. The van der Waals surface area contributed by atoms with Crippen molar-refractivity contribution in [2.45, 2.75) is 20.1 Å². The average Bonchev–Trinajstić information content (AvgIpc) is 3.00. The van der Waals surface area contributed by atoms with Crippen molar-refractivity contribution in [1.82, 2.24) is 5.32 Å². The van der Waals surface area contributed by atoms with Gasteiger partial charge in [-0.2, -0.15) is 5.26 Å². The maximum atomic E-state index is 9.35. The van der Waals surface area contributed by atoms with E-state index in [1.54, 1.807) is 12.1 Å². The van der Waals surface area contributed by atoms with Gasteiger partial charge in [0.05, 0.1) is 37.0 Å². The molecule has 41 heavy (non-hydrogen) atoms. The number of aliphatic hydroxyl groups is 2. The fourth-order valence-electron chi connectivity index (χ4n) is 4.30. The van der Waals surface area contributed by atoms with Gasteiger partial charge < -0.3 is 25.0 Å². The molecule has 0 aromatic heterocycles. The summed E-state index contributed by atoms with van der Waals surface area (Å²) in [5, 5.41) is 31.0. The predicted molar refractivity (Wildman–Crippen MR) is 164 cm³/mol. The van der Waals surface area contributed by atoms with E-state index in [1.165, 1.54) is 5.56 Å².